The molecule has 0 aromatic heterocycles. The molecule has 4 aliphatic rings. The molecule has 3 fully saturated rings. The fourth-order valence-electron chi connectivity index (χ4n) is 9.57. The Morgan fingerprint density at radius 1 is 1.12 bits per heavy atom. The SMILES string of the molecule is CC[C@H](C[C@@H](O)[C@@H](C)[C@H]1CC[C@H]2[C@@H]3CC=C4C[C@@H](OC(C)=O)CC[C@]4(C)[C@H]3CC[C@]12C)C(C)C. The standard InChI is InChI=1S/C31H52O3/c1-8-22(19(2)3)17-29(33)20(4)26-11-12-27-25-10-9-23-18-24(34-21(5)32)13-15-30(23,6)28(25)14-16-31(26,27)7/h9,19-20,22,24-29,33H,8,10-18H2,1-7H3/t20-,22+,24-,25-,26+,27-,28-,29+,30-,31+/m0/s1. The number of ether oxygens (including phenoxy) is 1. The van der Waals surface area contributed by atoms with Crippen LogP contribution in [0.15, 0.2) is 11.6 Å². The van der Waals surface area contributed by atoms with Gasteiger partial charge in [0.05, 0.1) is 6.10 Å². The lowest BCUT2D eigenvalue weighted by molar-refractivity contribution is -0.148. The summed E-state index contributed by atoms with van der Waals surface area (Å²) >= 11 is 0. The van der Waals surface area contributed by atoms with Crippen molar-refractivity contribution in [2.45, 2.75) is 125 Å². The van der Waals surface area contributed by atoms with Crippen LogP contribution in [0.2, 0.25) is 0 Å². The van der Waals surface area contributed by atoms with Gasteiger partial charge < -0.3 is 9.84 Å². The van der Waals surface area contributed by atoms with Crippen LogP contribution in [-0.2, 0) is 9.53 Å². The molecule has 4 aliphatic carbocycles. The van der Waals surface area contributed by atoms with Crippen LogP contribution in [0.1, 0.15) is 113 Å². The molecule has 0 radical (unpaired) electrons. The number of aliphatic hydroxyl groups excluding tert-OH is 1. The second-order valence-electron chi connectivity index (χ2n) is 13.5. The molecule has 0 aromatic rings. The molecule has 3 nitrogen and oxygen atoms in total. The van der Waals surface area contributed by atoms with Crippen molar-refractivity contribution in [3.63, 3.8) is 0 Å². The molecule has 0 spiro atoms. The molecule has 1 N–H and O–H groups in total. The zero-order valence-electron chi connectivity index (χ0n) is 23.1. The predicted molar refractivity (Wildman–Crippen MR) is 139 cm³/mol. The lowest BCUT2D eigenvalue weighted by Gasteiger charge is -2.58. The molecule has 34 heavy (non-hydrogen) atoms. The first-order valence-corrected chi connectivity index (χ1v) is 14.6. The van der Waals surface area contributed by atoms with Gasteiger partial charge in [-0.3, -0.25) is 4.79 Å². The van der Waals surface area contributed by atoms with E-state index in [1.165, 1.54) is 38.5 Å². The van der Waals surface area contributed by atoms with E-state index in [4.69, 9.17) is 4.74 Å². The average Bonchev–Trinajstić information content (AvgIpc) is 3.13. The van der Waals surface area contributed by atoms with E-state index in [1.807, 2.05) is 0 Å². The lowest BCUT2D eigenvalue weighted by Crippen LogP contribution is -2.51. The third-order valence-electron chi connectivity index (χ3n) is 11.7. The molecule has 3 heteroatoms. The number of hydrogen-bond acceptors (Lipinski definition) is 3. The quantitative estimate of drug-likeness (QED) is 0.307. The molecule has 0 aromatic carbocycles. The molecule has 0 saturated heterocycles. The lowest BCUT2D eigenvalue weighted by atomic mass is 9.47. The number of carbonyl (C=O) groups excluding carboxylic acids is 1. The summed E-state index contributed by atoms with van der Waals surface area (Å²) in [6.45, 7) is 15.9. The molecule has 0 bridgehead atoms. The van der Waals surface area contributed by atoms with Crippen molar-refractivity contribution in [2.75, 3.05) is 0 Å². The zero-order valence-corrected chi connectivity index (χ0v) is 23.1. The van der Waals surface area contributed by atoms with Crippen molar-refractivity contribution in [1.29, 1.82) is 0 Å². The minimum atomic E-state index is -0.169. The monoisotopic (exact) mass is 472 g/mol. The van der Waals surface area contributed by atoms with Gasteiger partial charge in [-0.05, 0) is 104 Å². The fourth-order valence-corrected chi connectivity index (χ4v) is 9.57. The summed E-state index contributed by atoms with van der Waals surface area (Å²) in [7, 11) is 0. The van der Waals surface area contributed by atoms with E-state index in [0.29, 0.717) is 29.1 Å². The van der Waals surface area contributed by atoms with Gasteiger partial charge in [0.15, 0.2) is 0 Å². The van der Waals surface area contributed by atoms with E-state index in [9.17, 15) is 9.90 Å². The fraction of sp³-hybridized carbons (Fsp3) is 0.903. The number of fused-ring (bicyclic) bond motifs is 5. The third-order valence-corrected chi connectivity index (χ3v) is 11.7. The van der Waals surface area contributed by atoms with Crippen molar-refractivity contribution in [2.24, 2.45) is 52.3 Å². The topological polar surface area (TPSA) is 46.5 Å². The first-order chi connectivity index (χ1) is 16.0. The number of allylic oxidation sites excluding steroid dienone is 1. The highest BCUT2D eigenvalue weighted by molar-refractivity contribution is 5.66. The van der Waals surface area contributed by atoms with E-state index < -0.39 is 0 Å². The molecule has 0 aliphatic heterocycles. The molecule has 0 heterocycles. The maximum atomic E-state index is 11.5. The minimum absolute atomic E-state index is 0.0817. The Morgan fingerprint density at radius 3 is 2.50 bits per heavy atom. The molecule has 4 rings (SSSR count). The van der Waals surface area contributed by atoms with E-state index >= 15 is 0 Å². The van der Waals surface area contributed by atoms with Gasteiger partial charge in [0.1, 0.15) is 6.10 Å². The highest BCUT2D eigenvalue weighted by Gasteiger charge is 2.59. The highest BCUT2D eigenvalue weighted by atomic mass is 16.5. The average molecular weight is 473 g/mol. The normalized spacial score (nSPS) is 42.1. The number of hydrogen-bond donors (Lipinski definition) is 1. The van der Waals surface area contributed by atoms with Gasteiger partial charge in [-0.15, -0.1) is 0 Å². The Hall–Kier alpha value is -0.830. The number of aliphatic hydroxyl groups is 1. The van der Waals surface area contributed by atoms with Crippen LogP contribution in [0, 0.1) is 52.3 Å². The van der Waals surface area contributed by atoms with Crippen LogP contribution in [0.25, 0.3) is 0 Å². The maximum Gasteiger partial charge on any atom is 0.302 e. The molecule has 0 unspecified atom stereocenters. The number of rotatable bonds is 7. The first-order valence-electron chi connectivity index (χ1n) is 14.6. The molecule has 10 atom stereocenters. The summed E-state index contributed by atoms with van der Waals surface area (Å²) in [4.78, 5) is 11.5. The molecular weight excluding hydrogens is 420 g/mol. The third kappa shape index (κ3) is 4.53. The van der Waals surface area contributed by atoms with Crippen molar-refractivity contribution in [3.8, 4) is 0 Å². The van der Waals surface area contributed by atoms with Crippen molar-refractivity contribution in [3.05, 3.63) is 11.6 Å². The summed E-state index contributed by atoms with van der Waals surface area (Å²) in [6, 6.07) is 0. The summed E-state index contributed by atoms with van der Waals surface area (Å²) in [5.41, 5.74) is 2.24. The summed E-state index contributed by atoms with van der Waals surface area (Å²) in [5.74, 6) is 4.53. The van der Waals surface area contributed by atoms with Crippen LogP contribution >= 0.6 is 0 Å². The second kappa shape index (κ2) is 9.91. The molecule has 0 amide bonds. The van der Waals surface area contributed by atoms with E-state index in [-0.39, 0.29) is 23.6 Å². The van der Waals surface area contributed by atoms with Gasteiger partial charge in [-0.2, -0.15) is 0 Å². The largest absolute Gasteiger partial charge is 0.462 e. The van der Waals surface area contributed by atoms with E-state index in [2.05, 4.69) is 47.6 Å². The summed E-state index contributed by atoms with van der Waals surface area (Å²) in [5, 5.41) is 11.3. The van der Waals surface area contributed by atoms with Gasteiger partial charge in [0, 0.05) is 13.3 Å². The van der Waals surface area contributed by atoms with E-state index in [0.717, 1.165) is 43.4 Å². The Balaban J connectivity index is 1.48. The van der Waals surface area contributed by atoms with Crippen LogP contribution < -0.4 is 0 Å². The van der Waals surface area contributed by atoms with Gasteiger partial charge in [0.2, 0.25) is 0 Å². The number of esters is 1. The van der Waals surface area contributed by atoms with Crippen molar-refractivity contribution in [1.82, 2.24) is 0 Å². The van der Waals surface area contributed by atoms with Gasteiger partial charge in [-0.25, -0.2) is 0 Å². The number of carbonyl (C=O) groups is 1. The maximum absolute atomic E-state index is 11.5. The summed E-state index contributed by atoms with van der Waals surface area (Å²) < 4.78 is 5.62. The Bertz CT molecular complexity index is 771. The van der Waals surface area contributed by atoms with Crippen LogP contribution in [0.5, 0.6) is 0 Å². The van der Waals surface area contributed by atoms with Crippen molar-refractivity contribution < 1.29 is 14.6 Å². The Kier molecular flexibility index (Phi) is 7.65. The zero-order chi connectivity index (χ0) is 24.8. The molecular formula is C31H52O3. The van der Waals surface area contributed by atoms with Gasteiger partial charge in [-0.1, -0.05) is 59.6 Å². The smallest absolute Gasteiger partial charge is 0.302 e. The molecule has 194 valence electrons. The second-order valence-corrected chi connectivity index (χ2v) is 13.5. The van der Waals surface area contributed by atoms with Crippen LogP contribution in [-0.4, -0.2) is 23.3 Å². The van der Waals surface area contributed by atoms with E-state index in [1.54, 1.807) is 12.5 Å². The minimum Gasteiger partial charge on any atom is -0.462 e. The molecule has 3 saturated carbocycles. The summed E-state index contributed by atoms with van der Waals surface area (Å²) in [6.07, 6.45) is 14.2. The Morgan fingerprint density at radius 2 is 1.85 bits per heavy atom. The van der Waals surface area contributed by atoms with Crippen LogP contribution in [0.4, 0.5) is 0 Å². The highest BCUT2D eigenvalue weighted by Crippen LogP contribution is 2.67. The van der Waals surface area contributed by atoms with Gasteiger partial charge in [0.25, 0.3) is 0 Å². The predicted octanol–water partition coefficient (Wildman–Crippen LogP) is 7.57. The Labute approximate surface area is 209 Å². The van der Waals surface area contributed by atoms with Crippen molar-refractivity contribution >= 4 is 5.97 Å². The first kappa shape index (κ1) is 26.2. The van der Waals surface area contributed by atoms with Gasteiger partial charge >= 0.3 is 5.97 Å². The van der Waals surface area contributed by atoms with Crippen LogP contribution in [0.3, 0.4) is 0 Å².